The van der Waals surface area contributed by atoms with Gasteiger partial charge in [-0.05, 0) is 6.92 Å². The highest BCUT2D eigenvalue weighted by molar-refractivity contribution is 6.30. The number of halogens is 1. The molecule has 0 aliphatic carbocycles. The molecule has 1 unspecified atom stereocenters. The molecule has 3 N–H and O–H groups in total. The zero-order valence-electron chi connectivity index (χ0n) is 7.77. The van der Waals surface area contributed by atoms with Crippen LogP contribution < -0.4 is 5.73 Å². The average Bonchev–Trinajstić information content (AvgIpc) is 2.47. The van der Waals surface area contributed by atoms with Crippen LogP contribution in [0.1, 0.15) is 12.6 Å². The third-order valence-electron chi connectivity index (χ3n) is 1.97. The summed E-state index contributed by atoms with van der Waals surface area (Å²) in [6, 6.07) is -0.936. The molecule has 6 heteroatoms. The molecule has 0 saturated heterocycles. The Balaban J connectivity index is 2.84. The SMILES string of the molecule is CCn1cnc(Cl)c1CC(N)C(=O)O. The zero-order valence-corrected chi connectivity index (χ0v) is 8.53. The number of carboxylic acid groups (broad SMARTS) is 1. The van der Waals surface area contributed by atoms with Crippen LogP contribution in [0.2, 0.25) is 5.15 Å². The summed E-state index contributed by atoms with van der Waals surface area (Å²) in [6.07, 6.45) is 1.77. The standard InChI is InChI=1S/C8H12ClN3O2/c1-2-12-4-11-7(9)6(12)3-5(10)8(13)14/h4-5H,2-3,10H2,1H3,(H,13,14). The molecule has 78 valence electrons. The van der Waals surface area contributed by atoms with Crippen LogP contribution in [0.25, 0.3) is 0 Å². The van der Waals surface area contributed by atoms with Gasteiger partial charge >= 0.3 is 5.97 Å². The molecule has 1 aromatic heterocycles. The minimum atomic E-state index is -1.04. The summed E-state index contributed by atoms with van der Waals surface area (Å²) >= 11 is 5.79. The van der Waals surface area contributed by atoms with E-state index in [0.717, 1.165) is 0 Å². The molecule has 1 heterocycles. The Kier molecular flexibility index (Phi) is 3.49. The van der Waals surface area contributed by atoms with Gasteiger partial charge in [0.2, 0.25) is 0 Å². The molecule has 1 rings (SSSR count). The van der Waals surface area contributed by atoms with Crippen molar-refractivity contribution in [3.05, 3.63) is 17.2 Å². The molecule has 14 heavy (non-hydrogen) atoms. The highest BCUT2D eigenvalue weighted by Gasteiger charge is 2.17. The maximum Gasteiger partial charge on any atom is 0.320 e. The first-order valence-corrected chi connectivity index (χ1v) is 4.62. The van der Waals surface area contributed by atoms with Crippen molar-refractivity contribution < 1.29 is 9.90 Å². The van der Waals surface area contributed by atoms with Gasteiger partial charge in [-0.15, -0.1) is 0 Å². The van der Waals surface area contributed by atoms with Crippen molar-refractivity contribution in [3.8, 4) is 0 Å². The lowest BCUT2D eigenvalue weighted by atomic mass is 10.2. The van der Waals surface area contributed by atoms with E-state index < -0.39 is 12.0 Å². The van der Waals surface area contributed by atoms with Crippen LogP contribution in [-0.2, 0) is 17.8 Å². The van der Waals surface area contributed by atoms with Crippen molar-refractivity contribution in [2.75, 3.05) is 0 Å². The summed E-state index contributed by atoms with van der Waals surface area (Å²) < 4.78 is 1.78. The van der Waals surface area contributed by atoms with E-state index in [1.54, 1.807) is 10.9 Å². The van der Waals surface area contributed by atoms with Crippen LogP contribution in [0.3, 0.4) is 0 Å². The molecular formula is C8H12ClN3O2. The van der Waals surface area contributed by atoms with Gasteiger partial charge in [0.15, 0.2) is 0 Å². The van der Waals surface area contributed by atoms with Gasteiger partial charge in [-0.25, -0.2) is 4.98 Å². The van der Waals surface area contributed by atoms with E-state index in [0.29, 0.717) is 17.4 Å². The largest absolute Gasteiger partial charge is 0.480 e. The molecule has 0 radical (unpaired) electrons. The summed E-state index contributed by atoms with van der Waals surface area (Å²) in [5.74, 6) is -1.04. The van der Waals surface area contributed by atoms with Crippen molar-refractivity contribution in [2.45, 2.75) is 25.9 Å². The summed E-state index contributed by atoms with van der Waals surface area (Å²) in [5.41, 5.74) is 6.07. The van der Waals surface area contributed by atoms with Crippen LogP contribution in [0.5, 0.6) is 0 Å². The average molecular weight is 218 g/mol. The summed E-state index contributed by atoms with van der Waals surface area (Å²) in [4.78, 5) is 14.4. The predicted octanol–water partition coefficient (Wildman–Crippen LogP) is 0.511. The lowest BCUT2D eigenvalue weighted by molar-refractivity contribution is -0.138. The van der Waals surface area contributed by atoms with Gasteiger partial charge in [-0.2, -0.15) is 0 Å². The number of imidazole rings is 1. The van der Waals surface area contributed by atoms with Gasteiger partial charge in [0, 0.05) is 13.0 Å². The van der Waals surface area contributed by atoms with E-state index in [1.807, 2.05) is 6.92 Å². The van der Waals surface area contributed by atoms with Gasteiger partial charge in [-0.3, -0.25) is 4.79 Å². The van der Waals surface area contributed by atoms with Crippen molar-refractivity contribution in [1.29, 1.82) is 0 Å². The second kappa shape index (κ2) is 4.43. The number of aromatic nitrogens is 2. The number of aryl methyl sites for hydroxylation is 1. The molecule has 0 bridgehead atoms. The van der Waals surface area contributed by atoms with Gasteiger partial charge in [-0.1, -0.05) is 11.6 Å². The van der Waals surface area contributed by atoms with Crippen LogP contribution in [-0.4, -0.2) is 26.7 Å². The van der Waals surface area contributed by atoms with Crippen molar-refractivity contribution >= 4 is 17.6 Å². The fraction of sp³-hybridized carbons (Fsp3) is 0.500. The van der Waals surface area contributed by atoms with Gasteiger partial charge in [0.1, 0.15) is 11.2 Å². The van der Waals surface area contributed by atoms with Crippen LogP contribution >= 0.6 is 11.6 Å². The Morgan fingerprint density at radius 2 is 2.50 bits per heavy atom. The Bertz CT molecular complexity index is 337. The Hall–Kier alpha value is -1.07. The summed E-state index contributed by atoms with van der Waals surface area (Å²) in [6.45, 7) is 2.62. The van der Waals surface area contributed by atoms with E-state index in [9.17, 15) is 4.79 Å². The number of hydrogen-bond acceptors (Lipinski definition) is 3. The topological polar surface area (TPSA) is 81.1 Å². The minimum absolute atomic E-state index is 0.196. The van der Waals surface area contributed by atoms with Crippen molar-refractivity contribution in [1.82, 2.24) is 9.55 Å². The zero-order chi connectivity index (χ0) is 10.7. The molecule has 0 aliphatic heterocycles. The highest BCUT2D eigenvalue weighted by Crippen LogP contribution is 2.15. The normalized spacial score (nSPS) is 12.8. The van der Waals surface area contributed by atoms with Crippen LogP contribution in [0, 0.1) is 0 Å². The second-order valence-electron chi connectivity index (χ2n) is 2.92. The lowest BCUT2D eigenvalue weighted by Gasteiger charge is -2.08. The molecular weight excluding hydrogens is 206 g/mol. The van der Waals surface area contributed by atoms with Crippen molar-refractivity contribution in [2.24, 2.45) is 5.73 Å². The molecule has 0 aliphatic rings. The maximum atomic E-state index is 10.5. The van der Waals surface area contributed by atoms with Gasteiger partial charge in [0.25, 0.3) is 0 Å². The molecule has 1 atom stereocenters. The fourth-order valence-corrected chi connectivity index (χ4v) is 1.38. The van der Waals surface area contributed by atoms with E-state index in [2.05, 4.69) is 4.98 Å². The van der Waals surface area contributed by atoms with Crippen LogP contribution in [0.4, 0.5) is 0 Å². The molecule has 5 nitrogen and oxygen atoms in total. The molecule has 0 aromatic carbocycles. The number of rotatable bonds is 4. The molecule has 0 saturated carbocycles. The third kappa shape index (κ3) is 2.24. The monoisotopic (exact) mass is 217 g/mol. The molecule has 0 spiro atoms. The maximum absolute atomic E-state index is 10.5. The van der Waals surface area contributed by atoms with E-state index in [1.165, 1.54) is 0 Å². The number of nitrogens with two attached hydrogens (primary N) is 1. The van der Waals surface area contributed by atoms with Crippen LogP contribution in [0.15, 0.2) is 6.33 Å². The number of carbonyl (C=O) groups is 1. The first-order valence-electron chi connectivity index (χ1n) is 4.24. The molecule has 0 amide bonds. The summed E-state index contributed by atoms with van der Waals surface area (Å²) in [7, 11) is 0. The van der Waals surface area contributed by atoms with Gasteiger partial charge in [0.05, 0.1) is 12.0 Å². The Labute approximate surface area is 86.5 Å². The third-order valence-corrected chi connectivity index (χ3v) is 2.28. The fourth-order valence-electron chi connectivity index (χ4n) is 1.15. The first-order chi connectivity index (χ1) is 6.56. The summed E-state index contributed by atoms with van der Waals surface area (Å²) in [5, 5.41) is 8.96. The molecule has 1 aromatic rings. The first kappa shape index (κ1) is 11.0. The van der Waals surface area contributed by atoms with E-state index in [-0.39, 0.29) is 6.42 Å². The minimum Gasteiger partial charge on any atom is -0.480 e. The van der Waals surface area contributed by atoms with Crippen molar-refractivity contribution in [3.63, 3.8) is 0 Å². The van der Waals surface area contributed by atoms with E-state index in [4.69, 9.17) is 22.4 Å². The van der Waals surface area contributed by atoms with Gasteiger partial charge < -0.3 is 15.4 Å². The lowest BCUT2D eigenvalue weighted by Crippen LogP contribution is -2.33. The molecule has 0 fully saturated rings. The quantitative estimate of drug-likeness (QED) is 0.770. The van der Waals surface area contributed by atoms with E-state index >= 15 is 0 Å². The number of hydrogen-bond donors (Lipinski definition) is 2. The highest BCUT2D eigenvalue weighted by atomic mass is 35.5. The number of aliphatic carboxylic acids is 1. The Morgan fingerprint density at radius 3 is 3.00 bits per heavy atom. The predicted molar refractivity (Wildman–Crippen MR) is 52.2 cm³/mol. The second-order valence-corrected chi connectivity index (χ2v) is 3.27. The number of carboxylic acids is 1. The number of nitrogens with zero attached hydrogens (tertiary/aromatic N) is 2. The Morgan fingerprint density at radius 1 is 1.86 bits per heavy atom. The smallest absolute Gasteiger partial charge is 0.320 e.